The smallest absolute Gasteiger partial charge is 0.225 e. The van der Waals surface area contributed by atoms with Crippen LogP contribution in [-0.2, 0) is 14.3 Å². The fraction of sp³-hybridized carbons (Fsp3) is 0.655. The zero-order valence-electron chi connectivity index (χ0n) is 23.1. The Labute approximate surface area is 237 Å². The summed E-state index contributed by atoms with van der Waals surface area (Å²) in [7, 11) is 0. The van der Waals surface area contributed by atoms with Crippen LogP contribution < -0.4 is 10.6 Å². The van der Waals surface area contributed by atoms with Gasteiger partial charge in [0.25, 0.3) is 0 Å². The third-order valence-electron chi connectivity index (χ3n) is 8.76. The number of nitrogens with zero attached hydrogens (tertiary/aromatic N) is 4. The zero-order chi connectivity index (χ0) is 28.3. The van der Waals surface area contributed by atoms with Crippen molar-refractivity contribution in [2.75, 3.05) is 44.8 Å². The Bertz CT molecular complexity index is 1220. The Morgan fingerprint density at radius 2 is 1.85 bits per heavy atom. The first-order valence-corrected chi connectivity index (χ1v) is 14.7. The van der Waals surface area contributed by atoms with Gasteiger partial charge in [-0.2, -0.15) is 0 Å². The van der Waals surface area contributed by atoms with Crippen molar-refractivity contribution < 1.29 is 27.4 Å². The van der Waals surface area contributed by atoms with Crippen LogP contribution in [0.5, 0.6) is 0 Å². The van der Waals surface area contributed by atoms with Crippen LogP contribution in [0.15, 0.2) is 34.6 Å². The van der Waals surface area contributed by atoms with Crippen molar-refractivity contribution in [2.24, 2.45) is 16.8 Å². The van der Waals surface area contributed by atoms with E-state index in [9.17, 15) is 18.0 Å². The van der Waals surface area contributed by atoms with E-state index in [1.54, 1.807) is 6.20 Å². The maximum atomic E-state index is 14.5. The molecule has 41 heavy (non-hydrogen) atoms. The average Bonchev–Trinajstić information content (AvgIpc) is 3.49. The first-order chi connectivity index (χ1) is 19.9. The van der Waals surface area contributed by atoms with Gasteiger partial charge in [0, 0.05) is 63.1 Å². The summed E-state index contributed by atoms with van der Waals surface area (Å²) in [4.78, 5) is 28.8. The van der Waals surface area contributed by atoms with Crippen LogP contribution in [0.1, 0.15) is 63.0 Å². The number of hydrogen-bond acceptors (Lipinski definition) is 8. The van der Waals surface area contributed by atoms with E-state index in [0.717, 1.165) is 56.9 Å². The number of fused-ring (bicyclic) bond motifs is 1. The second-order valence-corrected chi connectivity index (χ2v) is 11.7. The Morgan fingerprint density at radius 3 is 2.59 bits per heavy atom. The van der Waals surface area contributed by atoms with Crippen LogP contribution in [0.2, 0.25) is 0 Å². The molecule has 2 saturated heterocycles. The van der Waals surface area contributed by atoms with Gasteiger partial charge in [0.2, 0.25) is 11.9 Å². The number of aromatic nitrogens is 2. The highest BCUT2D eigenvalue weighted by Crippen LogP contribution is 2.39. The van der Waals surface area contributed by atoms with Gasteiger partial charge in [0.1, 0.15) is 29.3 Å². The van der Waals surface area contributed by atoms with Crippen LogP contribution >= 0.6 is 0 Å². The van der Waals surface area contributed by atoms with E-state index in [1.807, 2.05) is 4.90 Å². The van der Waals surface area contributed by atoms with E-state index in [1.165, 1.54) is 0 Å². The number of morpholine rings is 1. The van der Waals surface area contributed by atoms with E-state index < -0.39 is 24.2 Å². The molecule has 1 amide bonds. The normalized spacial score (nSPS) is 30.4. The van der Waals surface area contributed by atoms with Crippen LogP contribution in [-0.4, -0.2) is 78.3 Å². The van der Waals surface area contributed by atoms with E-state index in [0.29, 0.717) is 62.7 Å². The molecule has 3 unspecified atom stereocenters. The molecule has 2 N–H and O–H groups in total. The van der Waals surface area contributed by atoms with Crippen LogP contribution in [0, 0.1) is 11.8 Å². The van der Waals surface area contributed by atoms with Crippen molar-refractivity contribution in [3.63, 3.8) is 0 Å². The second-order valence-electron chi connectivity index (χ2n) is 11.7. The van der Waals surface area contributed by atoms with Gasteiger partial charge >= 0.3 is 0 Å². The zero-order valence-corrected chi connectivity index (χ0v) is 23.1. The van der Waals surface area contributed by atoms with Gasteiger partial charge in [-0.25, -0.2) is 28.1 Å². The minimum atomic E-state index is -1.80. The molecule has 1 aromatic rings. The molecule has 0 radical (unpaired) electrons. The fourth-order valence-corrected chi connectivity index (χ4v) is 6.51. The quantitative estimate of drug-likeness (QED) is 0.512. The first kappa shape index (κ1) is 28.1. The van der Waals surface area contributed by atoms with Gasteiger partial charge in [0.15, 0.2) is 0 Å². The predicted octanol–water partition coefficient (Wildman–Crippen LogP) is 4.62. The lowest BCUT2D eigenvalue weighted by Gasteiger charge is -2.34. The predicted molar refractivity (Wildman–Crippen MR) is 147 cm³/mol. The summed E-state index contributed by atoms with van der Waals surface area (Å²) in [6.07, 6.45) is 5.60. The summed E-state index contributed by atoms with van der Waals surface area (Å²) in [5, 5.41) is 6.29. The summed E-state index contributed by atoms with van der Waals surface area (Å²) < 4.78 is 53.3. The lowest BCUT2D eigenvalue weighted by molar-refractivity contribution is -0.140. The number of amides is 1. The lowest BCUT2D eigenvalue weighted by atomic mass is 9.85. The molecule has 12 heteroatoms. The molecular weight excluding hydrogens is 537 g/mol. The fourth-order valence-electron chi connectivity index (χ4n) is 6.51. The Hall–Kier alpha value is -2.99. The molecule has 0 bridgehead atoms. The number of carbonyl (C=O) groups is 1. The molecule has 1 saturated carbocycles. The highest BCUT2D eigenvalue weighted by Gasteiger charge is 2.33. The van der Waals surface area contributed by atoms with Crippen molar-refractivity contribution >= 4 is 23.4 Å². The molecule has 222 valence electrons. The molecule has 3 atom stereocenters. The minimum Gasteiger partial charge on any atom is -0.381 e. The standard InChI is InChI=1S/C29H37F3N6O3/c30-20-13-22(31)27(23(32)14-20)36-25-12-19(11-17-5-8-41-16-17)26-24(35-25)15-33-29(37-26)34-21-3-1-18(2-4-21)28(39)38-6-9-40-10-7-38/h13,15,17-19,21,23H,1-12,14,16H2,(H,35,36)(H,33,34,37). The minimum absolute atomic E-state index is 0.0419. The van der Waals surface area contributed by atoms with Crippen molar-refractivity contribution in [1.82, 2.24) is 20.2 Å². The molecule has 2 aliphatic carbocycles. The van der Waals surface area contributed by atoms with Crippen LogP contribution in [0.25, 0.3) is 0 Å². The second kappa shape index (κ2) is 12.5. The molecule has 0 spiro atoms. The van der Waals surface area contributed by atoms with Gasteiger partial charge < -0.3 is 25.0 Å². The largest absolute Gasteiger partial charge is 0.381 e. The first-order valence-electron chi connectivity index (χ1n) is 14.7. The number of amidine groups is 1. The lowest BCUT2D eigenvalue weighted by Crippen LogP contribution is -2.45. The maximum Gasteiger partial charge on any atom is 0.225 e. The highest BCUT2D eigenvalue weighted by atomic mass is 19.2. The molecule has 3 fully saturated rings. The van der Waals surface area contributed by atoms with Crippen molar-refractivity contribution in [1.29, 1.82) is 0 Å². The number of anilines is 1. The molecule has 3 aliphatic heterocycles. The number of rotatable bonds is 6. The number of ether oxygens (including phenoxy) is 2. The Balaban J connectivity index is 1.14. The van der Waals surface area contributed by atoms with E-state index >= 15 is 0 Å². The number of carbonyl (C=O) groups excluding carboxylic acids is 1. The SMILES string of the molecule is O=C(C1CCC(Nc2ncc3c(n2)C(CC2CCOC2)CC(NC2=C(F)C=C(F)CC2F)=N3)CC1)N1CCOCC1. The van der Waals surface area contributed by atoms with Crippen molar-refractivity contribution in [2.45, 2.75) is 69.5 Å². The van der Waals surface area contributed by atoms with Gasteiger partial charge in [-0.1, -0.05) is 0 Å². The number of allylic oxidation sites excluding steroid dienone is 4. The molecule has 0 aromatic carbocycles. The van der Waals surface area contributed by atoms with E-state index in [-0.39, 0.29) is 29.5 Å². The third kappa shape index (κ3) is 6.58. The number of halogens is 3. The van der Waals surface area contributed by atoms with Crippen LogP contribution in [0.4, 0.5) is 24.8 Å². The summed E-state index contributed by atoms with van der Waals surface area (Å²) in [6, 6.07) is 0.170. The monoisotopic (exact) mass is 574 g/mol. The highest BCUT2D eigenvalue weighted by molar-refractivity contribution is 5.89. The summed E-state index contributed by atoms with van der Waals surface area (Å²) >= 11 is 0. The number of aliphatic imine (C=N–C) groups is 1. The molecule has 4 heterocycles. The van der Waals surface area contributed by atoms with Gasteiger partial charge in [-0.05, 0) is 44.4 Å². The molecular formula is C29H37F3N6O3. The van der Waals surface area contributed by atoms with Crippen molar-refractivity contribution in [3.8, 4) is 0 Å². The molecule has 1 aromatic heterocycles. The van der Waals surface area contributed by atoms with Crippen molar-refractivity contribution in [3.05, 3.63) is 35.3 Å². The van der Waals surface area contributed by atoms with Gasteiger partial charge in [0.05, 0.1) is 30.8 Å². The average molecular weight is 575 g/mol. The number of nitrogens with one attached hydrogen (secondary N) is 2. The maximum absolute atomic E-state index is 14.5. The summed E-state index contributed by atoms with van der Waals surface area (Å²) in [5.41, 5.74) is 1.07. The summed E-state index contributed by atoms with van der Waals surface area (Å²) in [6.45, 7) is 3.95. The van der Waals surface area contributed by atoms with Gasteiger partial charge in [-0.3, -0.25) is 4.79 Å². The third-order valence-corrected chi connectivity index (χ3v) is 8.76. The Kier molecular flexibility index (Phi) is 8.57. The van der Waals surface area contributed by atoms with Gasteiger partial charge in [-0.15, -0.1) is 0 Å². The van der Waals surface area contributed by atoms with E-state index in [2.05, 4.69) is 20.6 Å². The summed E-state index contributed by atoms with van der Waals surface area (Å²) in [5.74, 6) is -0.229. The Morgan fingerprint density at radius 1 is 1.05 bits per heavy atom. The molecule has 5 aliphatic rings. The topological polar surface area (TPSA) is 101 Å². The number of alkyl halides is 1. The molecule has 6 rings (SSSR count). The van der Waals surface area contributed by atoms with E-state index in [4.69, 9.17) is 14.5 Å². The molecule has 9 nitrogen and oxygen atoms in total. The van der Waals surface area contributed by atoms with Crippen LogP contribution in [0.3, 0.4) is 0 Å². The number of hydrogen-bond donors (Lipinski definition) is 2.